The van der Waals surface area contributed by atoms with E-state index in [1.807, 2.05) is 17.5 Å². The van der Waals surface area contributed by atoms with Crippen LogP contribution < -0.4 is 5.73 Å². The predicted molar refractivity (Wildman–Crippen MR) is 70.4 cm³/mol. The number of hydrogen-bond donors (Lipinski definition) is 1. The van der Waals surface area contributed by atoms with Crippen molar-refractivity contribution < 1.29 is 0 Å². The van der Waals surface area contributed by atoms with Gasteiger partial charge in [0, 0.05) is 16.5 Å². The summed E-state index contributed by atoms with van der Waals surface area (Å²) in [4.78, 5) is 5.32. The predicted octanol–water partition coefficient (Wildman–Crippen LogP) is 3.45. The van der Waals surface area contributed by atoms with E-state index < -0.39 is 0 Å². The van der Waals surface area contributed by atoms with Crippen LogP contribution in [0.2, 0.25) is 5.02 Å². The molecule has 0 bridgehead atoms. The van der Waals surface area contributed by atoms with Gasteiger partial charge in [-0.15, -0.1) is 11.3 Å². The van der Waals surface area contributed by atoms with Crippen LogP contribution >= 0.6 is 34.7 Å². The molecule has 16 heavy (non-hydrogen) atoms. The van der Waals surface area contributed by atoms with E-state index in [4.69, 9.17) is 17.3 Å². The van der Waals surface area contributed by atoms with E-state index in [1.54, 1.807) is 29.3 Å². The topological polar surface area (TPSA) is 38.9 Å². The lowest BCUT2D eigenvalue weighted by Crippen LogP contribution is -2.03. The summed E-state index contributed by atoms with van der Waals surface area (Å²) in [6, 6.07) is 5.92. The number of nitrogens with two attached hydrogens (primary N) is 1. The molecule has 0 saturated carbocycles. The Morgan fingerprint density at radius 1 is 1.44 bits per heavy atom. The number of halogens is 1. The molecule has 0 amide bonds. The number of benzene rings is 1. The summed E-state index contributed by atoms with van der Waals surface area (Å²) in [7, 11) is 0. The van der Waals surface area contributed by atoms with E-state index in [0.717, 1.165) is 20.7 Å². The van der Waals surface area contributed by atoms with Gasteiger partial charge in [0.05, 0.1) is 5.02 Å². The Morgan fingerprint density at radius 2 is 2.31 bits per heavy atom. The summed E-state index contributed by atoms with van der Waals surface area (Å²) in [5.41, 5.74) is 6.78. The molecule has 2 rings (SSSR count). The third kappa shape index (κ3) is 2.77. The molecule has 0 aliphatic rings. The summed E-state index contributed by atoms with van der Waals surface area (Å²) in [6.07, 6.45) is 2.64. The summed E-state index contributed by atoms with van der Waals surface area (Å²) < 4.78 is 1.01. The van der Waals surface area contributed by atoms with E-state index >= 15 is 0 Å². The molecule has 0 radical (unpaired) electrons. The van der Waals surface area contributed by atoms with E-state index in [9.17, 15) is 0 Å². The molecule has 1 heterocycles. The van der Waals surface area contributed by atoms with Crippen molar-refractivity contribution in [2.24, 2.45) is 5.73 Å². The van der Waals surface area contributed by atoms with Crippen LogP contribution in [0.25, 0.3) is 0 Å². The molecule has 0 aliphatic heterocycles. The first-order valence-electron chi connectivity index (χ1n) is 4.86. The molecule has 0 atom stereocenters. The van der Waals surface area contributed by atoms with E-state index in [-0.39, 0.29) is 0 Å². The lowest BCUT2D eigenvalue weighted by atomic mass is 10.1. The molecule has 84 valence electrons. The Labute approximate surface area is 108 Å². The average molecular weight is 271 g/mol. The molecule has 0 saturated heterocycles. The minimum atomic E-state index is 0.631. The molecule has 0 fully saturated rings. The van der Waals surface area contributed by atoms with Crippen molar-refractivity contribution in [2.75, 3.05) is 6.54 Å². The SMILES string of the molecule is NCCc1cccc(Cl)c1Sc1nccs1. The van der Waals surface area contributed by atoms with Gasteiger partial charge in [-0.1, -0.05) is 35.5 Å². The maximum Gasteiger partial charge on any atom is 0.154 e. The van der Waals surface area contributed by atoms with Gasteiger partial charge in [-0.05, 0) is 24.6 Å². The molecule has 1 aromatic heterocycles. The van der Waals surface area contributed by atoms with Gasteiger partial charge in [-0.3, -0.25) is 0 Å². The first kappa shape index (κ1) is 11.9. The quantitative estimate of drug-likeness (QED) is 0.925. The third-order valence-electron chi connectivity index (χ3n) is 2.06. The summed E-state index contributed by atoms with van der Waals surface area (Å²) in [5.74, 6) is 0. The Bertz CT molecular complexity index is 457. The molecule has 1 aromatic carbocycles. The highest BCUT2D eigenvalue weighted by molar-refractivity contribution is 8.01. The number of hydrogen-bond acceptors (Lipinski definition) is 4. The van der Waals surface area contributed by atoms with Gasteiger partial charge in [0.1, 0.15) is 0 Å². The zero-order valence-electron chi connectivity index (χ0n) is 8.52. The fourth-order valence-corrected chi connectivity index (χ4v) is 3.40. The first-order valence-corrected chi connectivity index (χ1v) is 6.93. The molecule has 0 aliphatic carbocycles. The maximum absolute atomic E-state index is 6.20. The highest BCUT2D eigenvalue weighted by atomic mass is 35.5. The van der Waals surface area contributed by atoms with Gasteiger partial charge in [0.15, 0.2) is 4.34 Å². The second-order valence-electron chi connectivity index (χ2n) is 3.17. The van der Waals surface area contributed by atoms with Crippen LogP contribution in [0, 0.1) is 0 Å². The molecule has 2 N–H and O–H groups in total. The highest BCUT2D eigenvalue weighted by Gasteiger charge is 2.09. The molecule has 5 heteroatoms. The van der Waals surface area contributed by atoms with Crippen molar-refractivity contribution in [1.29, 1.82) is 0 Å². The smallest absolute Gasteiger partial charge is 0.154 e. The Kier molecular flexibility index (Phi) is 4.23. The molecule has 2 nitrogen and oxygen atoms in total. The Balaban J connectivity index is 2.30. The van der Waals surface area contributed by atoms with Gasteiger partial charge in [-0.2, -0.15) is 0 Å². The minimum Gasteiger partial charge on any atom is -0.330 e. The minimum absolute atomic E-state index is 0.631. The van der Waals surface area contributed by atoms with Crippen molar-refractivity contribution in [3.8, 4) is 0 Å². The summed E-state index contributed by atoms with van der Waals surface area (Å²) in [5, 5.41) is 2.73. The van der Waals surface area contributed by atoms with Gasteiger partial charge >= 0.3 is 0 Å². The Morgan fingerprint density at radius 3 is 3.00 bits per heavy atom. The van der Waals surface area contributed by atoms with E-state index in [0.29, 0.717) is 6.54 Å². The number of thiazole rings is 1. The highest BCUT2D eigenvalue weighted by Crippen LogP contribution is 2.36. The van der Waals surface area contributed by atoms with Crippen LogP contribution in [-0.4, -0.2) is 11.5 Å². The van der Waals surface area contributed by atoms with Crippen molar-refractivity contribution in [2.45, 2.75) is 15.7 Å². The number of aromatic nitrogens is 1. The number of nitrogens with zero attached hydrogens (tertiary/aromatic N) is 1. The zero-order chi connectivity index (χ0) is 11.4. The maximum atomic E-state index is 6.20. The van der Waals surface area contributed by atoms with Gasteiger partial charge in [-0.25, -0.2) is 4.98 Å². The van der Waals surface area contributed by atoms with Crippen molar-refractivity contribution in [3.63, 3.8) is 0 Å². The summed E-state index contributed by atoms with van der Waals surface area (Å²) >= 11 is 9.42. The van der Waals surface area contributed by atoms with Gasteiger partial charge < -0.3 is 5.73 Å². The van der Waals surface area contributed by atoms with Crippen LogP contribution in [0.1, 0.15) is 5.56 Å². The van der Waals surface area contributed by atoms with Crippen LogP contribution in [-0.2, 0) is 6.42 Å². The van der Waals surface area contributed by atoms with E-state index in [2.05, 4.69) is 11.1 Å². The standard InChI is InChI=1S/C11H11ClN2S2/c12-9-3-1-2-8(4-5-13)10(9)16-11-14-6-7-15-11/h1-3,6-7H,4-5,13H2. The fourth-order valence-electron chi connectivity index (χ4n) is 1.37. The molecular weight excluding hydrogens is 260 g/mol. The van der Waals surface area contributed by atoms with Gasteiger partial charge in [0.2, 0.25) is 0 Å². The molecule has 0 spiro atoms. The third-order valence-corrected chi connectivity index (χ3v) is 4.56. The van der Waals surface area contributed by atoms with Crippen molar-refractivity contribution in [1.82, 2.24) is 4.98 Å². The summed E-state index contributed by atoms with van der Waals surface area (Å²) in [6.45, 7) is 0.631. The molecule has 2 aromatic rings. The first-order chi connectivity index (χ1) is 7.81. The normalized spacial score (nSPS) is 10.6. The van der Waals surface area contributed by atoms with Crippen molar-refractivity contribution in [3.05, 3.63) is 40.4 Å². The number of rotatable bonds is 4. The zero-order valence-corrected chi connectivity index (χ0v) is 10.9. The van der Waals surface area contributed by atoms with Crippen molar-refractivity contribution >= 4 is 34.7 Å². The average Bonchev–Trinajstić information content (AvgIpc) is 2.76. The molecule has 0 unspecified atom stereocenters. The second-order valence-corrected chi connectivity index (χ2v) is 5.73. The van der Waals surface area contributed by atoms with E-state index in [1.165, 1.54) is 5.56 Å². The van der Waals surface area contributed by atoms with Gasteiger partial charge in [0.25, 0.3) is 0 Å². The lowest BCUT2D eigenvalue weighted by molar-refractivity contribution is 0.944. The monoisotopic (exact) mass is 270 g/mol. The van der Waals surface area contributed by atoms with Crippen LogP contribution in [0.3, 0.4) is 0 Å². The Hall–Kier alpha value is -0.550. The largest absolute Gasteiger partial charge is 0.330 e. The lowest BCUT2D eigenvalue weighted by Gasteiger charge is -2.08. The second kappa shape index (κ2) is 5.68. The fraction of sp³-hybridized carbons (Fsp3) is 0.182. The van der Waals surface area contributed by atoms with Crippen LogP contribution in [0.5, 0.6) is 0 Å². The van der Waals surface area contributed by atoms with Crippen LogP contribution in [0.4, 0.5) is 0 Å². The molecular formula is C11H11ClN2S2. The van der Waals surface area contributed by atoms with Crippen LogP contribution in [0.15, 0.2) is 39.0 Å².